The molecule has 1 aliphatic rings. The summed E-state index contributed by atoms with van der Waals surface area (Å²) in [5.74, 6) is -0.578. The third-order valence-corrected chi connectivity index (χ3v) is 7.85. The lowest BCUT2D eigenvalue weighted by molar-refractivity contribution is 0.0527. The first-order valence-electron chi connectivity index (χ1n) is 9.85. The second-order valence-electron chi connectivity index (χ2n) is 7.07. The molecule has 168 valence electrons. The van der Waals surface area contributed by atoms with Crippen LogP contribution in [-0.4, -0.2) is 49.5 Å². The van der Waals surface area contributed by atoms with Crippen molar-refractivity contribution in [2.24, 2.45) is 0 Å². The van der Waals surface area contributed by atoms with E-state index in [4.69, 9.17) is 9.47 Å². The lowest BCUT2D eigenvalue weighted by Crippen LogP contribution is -2.20. The number of fused-ring (bicyclic) bond motifs is 1. The molecule has 32 heavy (non-hydrogen) atoms. The van der Waals surface area contributed by atoms with Gasteiger partial charge in [0.15, 0.2) is 15.5 Å². The molecule has 2 aromatic heterocycles. The highest BCUT2D eigenvalue weighted by Gasteiger charge is 2.32. The fraction of sp³-hybridized carbons (Fsp3) is 0.286. The Bertz CT molecular complexity index is 1280. The zero-order valence-corrected chi connectivity index (χ0v) is 19.1. The van der Waals surface area contributed by atoms with E-state index in [1.54, 1.807) is 55.2 Å². The van der Waals surface area contributed by atoms with E-state index in [9.17, 15) is 18.0 Å². The number of ether oxygens (including phenoxy) is 2. The first kappa shape index (κ1) is 22.0. The van der Waals surface area contributed by atoms with Crippen LogP contribution in [0.25, 0.3) is 5.69 Å². The molecule has 9 nitrogen and oxygen atoms in total. The molecule has 4 rings (SSSR count). The molecule has 0 unspecified atom stereocenters. The smallest absolute Gasteiger partial charge is 0.341 e. The lowest BCUT2D eigenvalue weighted by atomic mass is 10.1. The van der Waals surface area contributed by atoms with Crippen LogP contribution in [0.5, 0.6) is 5.75 Å². The van der Waals surface area contributed by atoms with Crippen LogP contribution in [0.2, 0.25) is 0 Å². The van der Waals surface area contributed by atoms with E-state index in [0.717, 1.165) is 17.0 Å². The van der Waals surface area contributed by atoms with Crippen molar-refractivity contribution >= 4 is 38.1 Å². The normalized spacial score (nSPS) is 14.4. The molecule has 0 fully saturated rings. The molecule has 1 N–H and O–H groups in total. The highest BCUT2D eigenvalue weighted by molar-refractivity contribution is 7.90. The number of esters is 1. The summed E-state index contributed by atoms with van der Waals surface area (Å²) >= 11 is 1.09. The van der Waals surface area contributed by atoms with Gasteiger partial charge in [-0.05, 0) is 49.2 Å². The summed E-state index contributed by atoms with van der Waals surface area (Å²) in [6.07, 6.45) is 1.86. The quantitative estimate of drug-likeness (QED) is 0.545. The molecular weight excluding hydrogens is 454 g/mol. The van der Waals surface area contributed by atoms with Crippen molar-refractivity contribution in [1.82, 2.24) is 9.78 Å². The monoisotopic (exact) mass is 475 g/mol. The lowest BCUT2D eigenvalue weighted by Gasteiger charge is -2.13. The summed E-state index contributed by atoms with van der Waals surface area (Å²) in [6, 6.07) is 8.74. The van der Waals surface area contributed by atoms with Crippen molar-refractivity contribution in [3.05, 3.63) is 58.2 Å². The zero-order chi connectivity index (χ0) is 22.9. The van der Waals surface area contributed by atoms with Crippen LogP contribution in [0.3, 0.4) is 0 Å². The molecule has 11 heteroatoms. The summed E-state index contributed by atoms with van der Waals surface area (Å²) in [5, 5.41) is 7.30. The standard InChI is InChI=1S/C21H21N3O6S2/c1-3-30-21(26)18-15-9-11-32(27,28)12-17(15)31-20(18)22-19(25)16-8-10-24(23-16)13-4-6-14(29-2)7-5-13/h4-8,10H,3,9,11-12H2,1-2H3,(H,22,25). The Labute approximate surface area is 188 Å². The van der Waals surface area contributed by atoms with Gasteiger partial charge < -0.3 is 14.8 Å². The van der Waals surface area contributed by atoms with E-state index in [1.807, 2.05) is 0 Å². The SMILES string of the molecule is CCOC(=O)c1c(NC(=O)c2ccn(-c3ccc(OC)cc3)n2)sc2c1CCS(=O)(=O)C2. The van der Waals surface area contributed by atoms with E-state index >= 15 is 0 Å². The fourth-order valence-electron chi connectivity index (χ4n) is 3.42. The Morgan fingerprint density at radius 3 is 2.66 bits per heavy atom. The molecule has 1 aromatic carbocycles. The topological polar surface area (TPSA) is 117 Å². The number of anilines is 1. The van der Waals surface area contributed by atoms with Crippen molar-refractivity contribution in [2.45, 2.75) is 19.1 Å². The Morgan fingerprint density at radius 1 is 1.22 bits per heavy atom. The van der Waals surface area contributed by atoms with E-state index < -0.39 is 21.7 Å². The van der Waals surface area contributed by atoms with Crippen LogP contribution in [0.4, 0.5) is 5.00 Å². The maximum absolute atomic E-state index is 12.9. The molecule has 0 saturated carbocycles. The van der Waals surface area contributed by atoms with Crippen LogP contribution in [0.15, 0.2) is 36.5 Å². The number of thiophene rings is 1. The third kappa shape index (κ3) is 4.39. The number of benzene rings is 1. The number of nitrogens with one attached hydrogen (secondary N) is 1. The number of nitrogens with zero attached hydrogens (tertiary/aromatic N) is 2. The average Bonchev–Trinajstić information content (AvgIpc) is 3.38. The zero-order valence-electron chi connectivity index (χ0n) is 17.5. The Balaban J connectivity index is 1.61. The Hall–Kier alpha value is -3.18. The van der Waals surface area contributed by atoms with Gasteiger partial charge in [-0.15, -0.1) is 11.3 Å². The van der Waals surface area contributed by atoms with Gasteiger partial charge in [0.05, 0.1) is 36.5 Å². The second kappa shape index (κ2) is 8.75. The van der Waals surface area contributed by atoms with Crippen molar-refractivity contribution in [3.8, 4) is 11.4 Å². The first-order valence-corrected chi connectivity index (χ1v) is 12.5. The van der Waals surface area contributed by atoms with Crippen LogP contribution in [0.1, 0.15) is 38.2 Å². The maximum Gasteiger partial charge on any atom is 0.341 e. The molecule has 0 aliphatic carbocycles. The highest BCUT2D eigenvalue weighted by atomic mass is 32.2. The number of aromatic nitrogens is 2. The van der Waals surface area contributed by atoms with E-state index in [1.165, 1.54) is 0 Å². The predicted octanol–water partition coefficient (Wildman–Crippen LogP) is 2.84. The van der Waals surface area contributed by atoms with Gasteiger partial charge in [0.2, 0.25) is 0 Å². The molecular formula is C21H21N3O6S2. The molecule has 3 heterocycles. The van der Waals surface area contributed by atoms with Gasteiger partial charge in [-0.3, -0.25) is 4.79 Å². The minimum Gasteiger partial charge on any atom is -0.497 e. The predicted molar refractivity (Wildman–Crippen MR) is 120 cm³/mol. The van der Waals surface area contributed by atoms with Gasteiger partial charge in [0.1, 0.15) is 10.8 Å². The molecule has 0 atom stereocenters. The second-order valence-corrected chi connectivity index (χ2v) is 10.4. The van der Waals surface area contributed by atoms with Gasteiger partial charge in [-0.1, -0.05) is 0 Å². The summed E-state index contributed by atoms with van der Waals surface area (Å²) in [5.41, 5.74) is 1.75. The maximum atomic E-state index is 12.9. The van der Waals surface area contributed by atoms with Gasteiger partial charge in [0.25, 0.3) is 5.91 Å². The summed E-state index contributed by atoms with van der Waals surface area (Å²) in [4.78, 5) is 26.0. The van der Waals surface area contributed by atoms with Gasteiger partial charge >= 0.3 is 5.97 Å². The first-order chi connectivity index (χ1) is 15.3. The van der Waals surface area contributed by atoms with E-state index in [2.05, 4.69) is 10.4 Å². The molecule has 0 spiro atoms. The van der Waals surface area contributed by atoms with Crippen molar-refractivity contribution < 1.29 is 27.5 Å². The minimum atomic E-state index is -3.23. The molecule has 1 amide bonds. The third-order valence-electron chi connectivity index (χ3n) is 4.97. The van der Waals surface area contributed by atoms with E-state index in [0.29, 0.717) is 16.2 Å². The minimum absolute atomic E-state index is 0.0389. The molecule has 0 radical (unpaired) electrons. The fourth-order valence-corrected chi connectivity index (χ4v) is 6.45. The number of carbonyl (C=O) groups is 2. The highest BCUT2D eigenvalue weighted by Crippen LogP contribution is 2.38. The summed E-state index contributed by atoms with van der Waals surface area (Å²) in [7, 11) is -1.65. The van der Waals surface area contributed by atoms with Crippen LogP contribution >= 0.6 is 11.3 Å². The number of amides is 1. The molecule has 1 aliphatic heterocycles. The Kier molecular flexibility index (Phi) is 6.02. The van der Waals surface area contributed by atoms with Crippen LogP contribution < -0.4 is 10.1 Å². The summed E-state index contributed by atoms with van der Waals surface area (Å²) in [6.45, 7) is 1.85. The summed E-state index contributed by atoms with van der Waals surface area (Å²) < 4.78 is 35.9. The number of hydrogen-bond acceptors (Lipinski definition) is 8. The van der Waals surface area contributed by atoms with Crippen LogP contribution in [-0.2, 0) is 26.7 Å². The molecule has 0 saturated heterocycles. The number of sulfone groups is 1. The number of carbonyl (C=O) groups excluding carboxylic acids is 2. The van der Waals surface area contributed by atoms with Crippen molar-refractivity contribution in [2.75, 3.05) is 24.8 Å². The number of rotatable bonds is 6. The molecule has 0 bridgehead atoms. The number of methoxy groups -OCH3 is 1. The Morgan fingerprint density at radius 2 is 1.97 bits per heavy atom. The molecule has 3 aromatic rings. The van der Waals surface area contributed by atoms with E-state index in [-0.39, 0.29) is 40.8 Å². The number of hydrogen-bond donors (Lipinski definition) is 1. The van der Waals surface area contributed by atoms with Crippen LogP contribution in [0, 0.1) is 0 Å². The van der Waals surface area contributed by atoms with Gasteiger partial charge in [0, 0.05) is 11.1 Å². The van der Waals surface area contributed by atoms with Gasteiger partial charge in [-0.2, -0.15) is 5.10 Å². The van der Waals surface area contributed by atoms with Gasteiger partial charge in [-0.25, -0.2) is 17.9 Å². The largest absolute Gasteiger partial charge is 0.497 e. The average molecular weight is 476 g/mol. The van der Waals surface area contributed by atoms with Crippen molar-refractivity contribution in [1.29, 1.82) is 0 Å². The van der Waals surface area contributed by atoms with Crippen molar-refractivity contribution in [3.63, 3.8) is 0 Å².